The van der Waals surface area contributed by atoms with E-state index in [1.807, 2.05) is 24.3 Å². The predicted octanol–water partition coefficient (Wildman–Crippen LogP) is 0.894. The van der Waals surface area contributed by atoms with Crippen LogP contribution in [0.4, 0.5) is 5.69 Å². The van der Waals surface area contributed by atoms with Crippen LogP contribution in [0.3, 0.4) is 0 Å². The molecular weight excluding hydrogens is 232 g/mol. The number of amides is 1. The Kier molecular flexibility index (Phi) is 2.77. The number of hydrogen-bond donors (Lipinski definition) is 2. The molecule has 0 bridgehead atoms. The summed E-state index contributed by atoms with van der Waals surface area (Å²) in [6.45, 7) is 1.51. The van der Waals surface area contributed by atoms with Crippen LogP contribution in [0.5, 0.6) is 0 Å². The Labute approximate surface area is 103 Å². The van der Waals surface area contributed by atoms with Crippen molar-refractivity contribution in [2.24, 2.45) is 5.92 Å². The van der Waals surface area contributed by atoms with Crippen LogP contribution in [0, 0.1) is 5.92 Å². The number of carbonyl (C=O) groups is 1. The molecule has 0 aliphatic carbocycles. The highest BCUT2D eigenvalue weighted by molar-refractivity contribution is 5.93. The SMILES string of the molecule is O=C(Nc1ccc(-c2nnco2)cc1)C1CNC1. The first-order valence-corrected chi connectivity index (χ1v) is 5.71. The zero-order valence-corrected chi connectivity index (χ0v) is 9.59. The molecule has 6 heteroatoms. The lowest BCUT2D eigenvalue weighted by Gasteiger charge is -2.25. The van der Waals surface area contributed by atoms with Crippen molar-refractivity contribution in [3.05, 3.63) is 30.7 Å². The van der Waals surface area contributed by atoms with Gasteiger partial charge in [-0.15, -0.1) is 10.2 Å². The highest BCUT2D eigenvalue weighted by atomic mass is 16.4. The van der Waals surface area contributed by atoms with Gasteiger partial charge >= 0.3 is 0 Å². The van der Waals surface area contributed by atoms with Crippen LogP contribution in [0.25, 0.3) is 11.5 Å². The minimum absolute atomic E-state index is 0.0549. The lowest BCUT2D eigenvalue weighted by atomic mass is 10.0. The van der Waals surface area contributed by atoms with E-state index in [9.17, 15) is 4.79 Å². The Balaban J connectivity index is 1.69. The molecule has 0 saturated carbocycles. The molecular formula is C12H12N4O2. The lowest BCUT2D eigenvalue weighted by Crippen LogP contribution is -2.48. The van der Waals surface area contributed by atoms with Gasteiger partial charge in [0, 0.05) is 24.3 Å². The van der Waals surface area contributed by atoms with Crippen molar-refractivity contribution in [1.82, 2.24) is 15.5 Å². The standard InChI is InChI=1S/C12H12N4O2/c17-11(9-5-13-6-9)15-10-3-1-8(2-4-10)12-16-14-7-18-12/h1-4,7,9,13H,5-6H2,(H,15,17). The van der Waals surface area contributed by atoms with E-state index in [1.54, 1.807) is 0 Å². The average molecular weight is 244 g/mol. The summed E-state index contributed by atoms with van der Waals surface area (Å²) in [5, 5.41) is 13.4. The van der Waals surface area contributed by atoms with E-state index in [0.29, 0.717) is 5.89 Å². The van der Waals surface area contributed by atoms with Crippen LogP contribution in [0.15, 0.2) is 35.1 Å². The molecule has 0 spiro atoms. The second-order valence-corrected chi connectivity index (χ2v) is 4.17. The van der Waals surface area contributed by atoms with Gasteiger partial charge in [0.25, 0.3) is 0 Å². The third kappa shape index (κ3) is 2.10. The summed E-state index contributed by atoms with van der Waals surface area (Å²) in [7, 11) is 0. The number of anilines is 1. The summed E-state index contributed by atoms with van der Waals surface area (Å²) in [6.07, 6.45) is 1.29. The smallest absolute Gasteiger partial charge is 0.247 e. The summed E-state index contributed by atoms with van der Waals surface area (Å²) in [5.74, 6) is 0.607. The Morgan fingerprint density at radius 3 is 2.67 bits per heavy atom. The summed E-state index contributed by atoms with van der Waals surface area (Å²) in [6, 6.07) is 7.32. The zero-order valence-electron chi connectivity index (χ0n) is 9.59. The molecule has 18 heavy (non-hydrogen) atoms. The van der Waals surface area contributed by atoms with Crippen LogP contribution in [0.1, 0.15) is 0 Å². The molecule has 0 radical (unpaired) electrons. The van der Waals surface area contributed by atoms with E-state index in [0.717, 1.165) is 24.3 Å². The van der Waals surface area contributed by atoms with Crippen molar-refractivity contribution in [3.63, 3.8) is 0 Å². The van der Waals surface area contributed by atoms with Crippen LogP contribution in [-0.4, -0.2) is 29.2 Å². The summed E-state index contributed by atoms with van der Waals surface area (Å²) in [4.78, 5) is 11.7. The highest BCUT2D eigenvalue weighted by Crippen LogP contribution is 2.19. The second-order valence-electron chi connectivity index (χ2n) is 4.17. The molecule has 0 atom stereocenters. The van der Waals surface area contributed by atoms with E-state index in [-0.39, 0.29) is 11.8 Å². The van der Waals surface area contributed by atoms with Gasteiger partial charge in [-0.25, -0.2) is 0 Å². The van der Waals surface area contributed by atoms with Crippen LogP contribution in [-0.2, 0) is 4.79 Å². The average Bonchev–Trinajstić information content (AvgIpc) is 2.81. The highest BCUT2D eigenvalue weighted by Gasteiger charge is 2.24. The van der Waals surface area contributed by atoms with Crippen molar-refractivity contribution >= 4 is 11.6 Å². The molecule has 2 aromatic rings. The quantitative estimate of drug-likeness (QED) is 0.838. The third-order valence-corrected chi connectivity index (χ3v) is 2.91. The Hall–Kier alpha value is -2.21. The molecule has 1 amide bonds. The normalized spacial score (nSPS) is 15.1. The zero-order chi connectivity index (χ0) is 12.4. The second kappa shape index (κ2) is 4.58. The number of hydrogen-bond acceptors (Lipinski definition) is 5. The molecule has 1 aliphatic heterocycles. The van der Waals surface area contributed by atoms with Gasteiger partial charge in [-0.3, -0.25) is 4.79 Å². The third-order valence-electron chi connectivity index (χ3n) is 2.91. The largest absolute Gasteiger partial charge is 0.423 e. The maximum absolute atomic E-state index is 11.7. The molecule has 1 saturated heterocycles. The number of benzene rings is 1. The van der Waals surface area contributed by atoms with Gasteiger partial charge in [0.1, 0.15) is 0 Å². The maximum Gasteiger partial charge on any atom is 0.247 e. The van der Waals surface area contributed by atoms with E-state index in [1.165, 1.54) is 6.39 Å². The van der Waals surface area contributed by atoms with Gasteiger partial charge in [0.15, 0.2) is 0 Å². The first-order valence-electron chi connectivity index (χ1n) is 5.71. The summed E-state index contributed by atoms with van der Waals surface area (Å²) in [5.41, 5.74) is 1.60. The van der Waals surface area contributed by atoms with Gasteiger partial charge in [0.05, 0.1) is 5.92 Å². The first kappa shape index (κ1) is 10.9. The fourth-order valence-electron chi connectivity index (χ4n) is 1.71. The molecule has 0 unspecified atom stereocenters. The van der Waals surface area contributed by atoms with Crippen LogP contribution in [0.2, 0.25) is 0 Å². The van der Waals surface area contributed by atoms with Crippen molar-refractivity contribution in [2.45, 2.75) is 0 Å². The monoisotopic (exact) mass is 244 g/mol. The van der Waals surface area contributed by atoms with E-state index < -0.39 is 0 Å². The maximum atomic E-state index is 11.7. The van der Waals surface area contributed by atoms with Crippen LogP contribution < -0.4 is 10.6 Å². The van der Waals surface area contributed by atoms with Gasteiger partial charge in [-0.2, -0.15) is 0 Å². The Morgan fingerprint density at radius 1 is 1.33 bits per heavy atom. The summed E-state index contributed by atoms with van der Waals surface area (Å²) < 4.78 is 5.09. The molecule has 1 aliphatic rings. The van der Waals surface area contributed by atoms with Crippen molar-refractivity contribution < 1.29 is 9.21 Å². The number of nitrogens with zero attached hydrogens (tertiary/aromatic N) is 2. The van der Waals surface area contributed by atoms with E-state index in [4.69, 9.17) is 4.42 Å². The molecule has 92 valence electrons. The van der Waals surface area contributed by atoms with Crippen molar-refractivity contribution in [2.75, 3.05) is 18.4 Å². The molecule has 1 fully saturated rings. The van der Waals surface area contributed by atoms with E-state index >= 15 is 0 Å². The molecule has 1 aromatic heterocycles. The fourth-order valence-corrected chi connectivity index (χ4v) is 1.71. The van der Waals surface area contributed by atoms with E-state index in [2.05, 4.69) is 20.8 Å². The summed E-state index contributed by atoms with van der Waals surface area (Å²) >= 11 is 0. The Bertz CT molecular complexity index is 532. The number of carbonyl (C=O) groups excluding carboxylic acids is 1. The Morgan fingerprint density at radius 2 is 2.11 bits per heavy atom. The molecule has 2 N–H and O–H groups in total. The van der Waals surface area contributed by atoms with Gasteiger partial charge in [0.2, 0.25) is 18.2 Å². The number of aromatic nitrogens is 2. The molecule has 2 heterocycles. The minimum atomic E-state index is 0.0549. The molecule has 3 rings (SSSR count). The van der Waals surface area contributed by atoms with Gasteiger partial charge < -0.3 is 15.1 Å². The topological polar surface area (TPSA) is 80.1 Å². The van der Waals surface area contributed by atoms with Crippen molar-refractivity contribution in [1.29, 1.82) is 0 Å². The van der Waals surface area contributed by atoms with Gasteiger partial charge in [-0.1, -0.05) is 0 Å². The van der Waals surface area contributed by atoms with Gasteiger partial charge in [-0.05, 0) is 24.3 Å². The number of rotatable bonds is 3. The number of nitrogens with one attached hydrogen (secondary N) is 2. The molecule has 1 aromatic carbocycles. The first-order chi connectivity index (χ1) is 8.83. The predicted molar refractivity (Wildman–Crippen MR) is 64.7 cm³/mol. The fraction of sp³-hybridized carbons (Fsp3) is 0.250. The van der Waals surface area contributed by atoms with Crippen LogP contribution >= 0.6 is 0 Å². The van der Waals surface area contributed by atoms with Crippen molar-refractivity contribution in [3.8, 4) is 11.5 Å². The lowest BCUT2D eigenvalue weighted by molar-refractivity contribution is -0.121. The molecule has 6 nitrogen and oxygen atoms in total. The minimum Gasteiger partial charge on any atom is -0.423 e.